The number of aromatic hydroxyl groups is 4. The summed E-state index contributed by atoms with van der Waals surface area (Å²) in [6, 6.07) is 8.12. The molecule has 0 heterocycles. The number of carbonyl (C=O) groups excluding carboxylic acids is 5. The predicted molar refractivity (Wildman–Crippen MR) is 184 cm³/mol. The Balaban J connectivity index is 1.81. The van der Waals surface area contributed by atoms with Gasteiger partial charge < -0.3 is 41.3 Å². The van der Waals surface area contributed by atoms with Crippen molar-refractivity contribution in [2.24, 2.45) is 5.41 Å². The van der Waals surface area contributed by atoms with Crippen molar-refractivity contribution in [1.82, 2.24) is 25.9 Å². The third kappa shape index (κ3) is 13.8. The highest BCUT2D eigenvalue weighted by Crippen LogP contribution is 2.28. The molecule has 276 valence electrons. The monoisotopic (exact) mass is 701 g/mol. The second-order valence-electron chi connectivity index (χ2n) is 12.9. The maximum atomic E-state index is 13.1. The number of hydroxylamine groups is 2. The van der Waals surface area contributed by atoms with Crippen molar-refractivity contribution in [2.75, 3.05) is 39.3 Å². The fourth-order valence-electron chi connectivity index (χ4n) is 4.83. The third-order valence-corrected chi connectivity index (χ3v) is 7.71. The minimum atomic E-state index is -0.678. The van der Waals surface area contributed by atoms with Crippen molar-refractivity contribution in [2.45, 2.75) is 72.1 Å². The van der Waals surface area contributed by atoms with E-state index in [-0.39, 0.29) is 67.9 Å². The minimum absolute atomic E-state index is 0.0309. The summed E-state index contributed by atoms with van der Waals surface area (Å²) in [5.41, 5.74) is -0.829. The van der Waals surface area contributed by atoms with Crippen LogP contribution in [0.2, 0.25) is 0 Å². The van der Waals surface area contributed by atoms with Gasteiger partial charge in [0.1, 0.15) is 0 Å². The number of amides is 5. The molecule has 2 aromatic rings. The first-order chi connectivity index (χ1) is 23.6. The Morgan fingerprint density at radius 1 is 0.620 bits per heavy atom. The minimum Gasteiger partial charge on any atom is -0.504 e. The van der Waals surface area contributed by atoms with Gasteiger partial charge in [-0.2, -0.15) is 0 Å². The largest absolute Gasteiger partial charge is 0.504 e. The number of phenols is 4. The maximum Gasteiger partial charge on any atom is 0.255 e. The van der Waals surface area contributed by atoms with Gasteiger partial charge in [-0.15, -0.1) is 0 Å². The van der Waals surface area contributed by atoms with E-state index in [2.05, 4.69) is 16.0 Å². The lowest BCUT2D eigenvalue weighted by atomic mass is 9.95. The zero-order valence-electron chi connectivity index (χ0n) is 29.0. The van der Waals surface area contributed by atoms with Crippen LogP contribution >= 0.6 is 0 Å². The fourth-order valence-corrected chi connectivity index (χ4v) is 4.83. The first kappa shape index (κ1) is 41.1. The van der Waals surface area contributed by atoms with Crippen LogP contribution in [0.3, 0.4) is 0 Å². The van der Waals surface area contributed by atoms with Crippen LogP contribution < -0.4 is 16.0 Å². The van der Waals surface area contributed by atoms with Gasteiger partial charge in [0.2, 0.25) is 11.8 Å². The average molecular weight is 702 g/mol. The number of benzene rings is 2. The Labute approximate surface area is 292 Å². The summed E-state index contributed by atoms with van der Waals surface area (Å²) in [5, 5.41) is 57.8. The molecule has 0 spiro atoms. The molecule has 2 aromatic carbocycles. The van der Waals surface area contributed by atoms with Gasteiger partial charge in [-0.1, -0.05) is 32.9 Å². The van der Waals surface area contributed by atoms with Crippen LogP contribution in [0.15, 0.2) is 36.4 Å². The van der Waals surface area contributed by atoms with Crippen molar-refractivity contribution in [3.05, 3.63) is 47.5 Å². The van der Waals surface area contributed by atoms with E-state index < -0.39 is 40.2 Å². The zero-order chi connectivity index (χ0) is 37.3. The molecule has 15 heteroatoms. The van der Waals surface area contributed by atoms with Crippen molar-refractivity contribution in [3.63, 3.8) is 0 Å². The molecule has 0 saturated heterocycles. The van der Waals surface area contributed by atoms with E-state index in [1.807, 2.05) is 0 Å². The van der Waals surface area contributed by atoms with Crippen LogP contribution in [-0.4, -0.2) is 104 Å². The van der Waals surface area contributed by atoms with E-state index in [0.717, 1.165) is 5.06 Å². The van der Waals surface area contributed by atoms with Crippen LogP contribution in [0.5, 0.6) is 23.0 Å². The summed E-state index contributed by atoms with van der Waals surface area (Å²) >= 11 is 0. The highest BCUT2D eigenvalue weighted by atomic mass is 16.5. The molecule has 0 aliphatic carbocycles. The number of hydrogen-bond acceptors (Lipinski definition) is 10. The van der Waals surface area contributed by atoms with Crippen LogP contribution in [-0.2, 0) is 14.4 Å². The molecule has 50 heavy (non-hydrogen) atoms. The maximum absolute atomic E-state index is 13.1. The molecule has 0 aromatic heterocycles. The topological polar surface area (TPSA) is 229 Å². The molecule has 0 unspecified atom stereocenters. The van der Waals surface area contributed by atoms with E-state index in [4.69, 9.17) is 0 Å². The zero-order valence-corrected chi connectivity index (χ0v) is 29.0. The van der Waals surface area contributed by atoms with Gasteiger partial charge in [0.25, 0.3) is 17.7 Å². The van der Waals surface area contributed by atoms with E-state index in [1.54, 1.807) is 25.7 Å². The smallest absolute Gasteiger partial charge is 0.255 e. The van der Waals surface area contributed by atoms with Gasteiger partial charge in [-0.05, 0) is 62.8 Å². The molecule has 0 atom stereocenters. The molecule has 15 nitrogen and oxygen atoms in total. The van der Waals surface area contributed by atoms with Crippen LogP contribution in [0.25, 0.3) is 0 Å². The molecule has 5 amide bonds. The first-order valence-electron chi connectivity index (χ1n) is 16.8. The highest BCUT2D eigenvalue weighted by Gasteiger charge is 2.26. The van der Waals surface area contributed by atoms with Gasteiger partial charge in [0, 0.05) is 57.5 Å². The molecule has 2 rings (SSSR count). The Bertz CT molecular complexity index is 1460. The van der Waals surface area contributed by atoms with Crippen molar-refractivity contribution >= 4 is 29.5 Å². The summed E-state index contributed by atoms with van der Waals surface area (Å²) in [6.07, 6.45) is 3.16. The van der Waals surface area contributed by atoms with E-state index in [0.29, 0.717) is 51.6 Å². The Morgan fingerprint density at radius 2 is 1.10 bits per heavy atom. The normalized spacial score (nSPS) is 11.0. The summed E-state index contributed by atoms with van der Waals surface area (Å²) < 4.78 is 0. The molecule has 0 fully saturated rings. The molecule has 0 aliphatic rings. The molecule has 8 N–H and O–H groups in total. The Kier molecular flexibility index (Phi) is 16.8. The molecule has 0 saturated carbocycles. The third-order valence-electron chi connectivity index (χ3n) is 7.71. The SMILES string of the molecule is CC(C)(C)C(=O)N(O)CCCCCNC(=O)CCC(=O)N(CCCCNC(=O)c1cccc(O)c1O)CCCNC(=O)c1cccc(O)c1O. The number of rotatable bonds is 20. The second kappa shape index (κ2) is 20.5. The summed E-state index contributed by atoms with van der Waals surface area (Å²) in [5.74, 6) is -3.94. The second-order valence-corrected chi connectivity index (χ2v) is 12.9. The van der Waals surface area contributed by atoms with E-state index >= 15 is 0 Å². The molecular formula is C35H51N5O10. The number of hydrogen-bond donors (Lipinski definition) is 8. The number of carbonyl (C=O) groups is 5. The fraction of sp³-hybridized carbons (Fsp3) is 0.514. The van der Waals surface area contributed by atoms with Gasteiger partial charge in [-0.25, -0.2) is 5.06 Å². The Morgan fingerprint density at radius 3 is 1.66 bits per heavy atom. The lowest BCUT2D eigenvalue weighted by Crippen LogP contribution is -2.37. The number of unbranched alkanes of at least 4 members (excludes halogenated alkanes) is 3. The number of para-hydroxylation sites is 2. The Hall–Kier alpha value is -5.05. The lowest BCUT2D eigenvalue weighted by molar-refractivity contribution is -0.174. The van der Waals surface area contributed by atoms with Crippen molar-refractivity contribution < 1.29 is 49.6 Å². The van der Waals surface area contributed by atoms with Crippen molar-refractivity contribution in [1.29, 1.82) is 0 Å². The first-order valence-corrected chi connectivity index (χ1v) is 16.8. The molecule has 0 radical (unpaired) electrons. The predicted octanol–water partition coefficient (Wildman–Crippen LogP) is 3.00. The van der Waals surface area contributed by atoms with Gasteiger partial charge in [0.15, 0.2) is 23.0 Å². The number of nitrogens with zero attached hydrogens (tertiary/aromatic N) is 2. The number of nitrogens with one attached hydrogen (secondary N) is 3. The summed E-state index contributed by atoms with van der Waals surface area (Å²) in [7, 11) is 0. The van der Waals surface area contributed by atoms with Gasteiger partial charge in [0.05, 0.1) is 11.1 Å². The quantitative estimate of drug-likeness (QED) is 0.0436. The van der Waals surface area contributed by atoms with Crippen molar-refractivity contribution in [3.8, 4) is 23.0 Å². The standard InChI is InChI=1S/C35H51N5O10/c1-35(2,3)34(49)40(50)23-7-4-5-18-36-28(43)16-17-29(44)39(22-11-20-38-33(48)25-13-10-15-27(42)31(25)46)21-8-6-19-37-32(47)24-12-9-14-26(41)30(24)45/h9-10,12-15,41-42,45-46,50H,4-8,11,16-23H2,1-3H3,(H,36,43)(H,37,47)(H,38,48). The number of phenolic OH excluding ortho intramolecular Hbond substituents is 4. The van der Waals surface area contributed by atoms with Crippen LogP contribution in [0.1, 0.15) is 92.9 Å². The molecular weight excluding hydrogens is 650 g/mol. The molecule has 0 aliphatic heterocycles. The highest BCUT2D eigenvalue weighted by molar-refractivity contribution is 5.98. The van der Waals surface area contributed by atoms with Gasteiger partial charge >= 0.3 is 0 Å². The lowest BCUT2D eigenvalue weighted by Gasteiger charge is -2.23. The summed E-state index contributed by atoms with van der Waals surface area (Å²) in [6.45, 7) is 6.74. The average Bonchev–Trinajstić information content (AvgIpc) is 3.07. The van der Waals surface area contributed by atoms with E-state index in [1.165, 1.54) is 36.4 Å². The van der Waals surface area contributed by atoms with Crippen LogP contribution in [0.4, 0.5) is 0 Å². The summed E-state index contributed by atoms with van der Waals surface area (Å²) in [4.78, 5) is 64.0. The molecule has 0 bridgehead atoms. The van der Waals surface area contributed by atoms with E-state index in [9.17, 15) is 49.6 Å². The van der Waals surface area contributed by atoms with Crippen LogP contribution in [0, 0.1) is 5.41 Å². The van der Waals surface area contributed by atoms with Gasteiger partial charge in [-0.3, -0.25) is 29.2 Å².